The highest BCUT2D eigenvalue weighted by molar-refractivity contribution is 9.10. The van der Waals surface area contributed by atoms with Gasteiger partial charge in [0.1, 0.15) is 0 Å². The Labute approximate surface area is 121 Å². The molecule has 19 heavy (non-hydrogen) atoms. The van der Waals surface area contributed by atoms with Crippen molar-refractivity contribution in [2.45, 2.75) is 46.1 Å². The van der Waals surface area contributed by atoms with E-state index >= 15 is 0 Å². The number of aliphatic carboxylic acids is 1. The third kappa shape index (κ3) is 2.02. The molecule has 2 atom stereocenters. The molecule has 1 aromatic rings. The molecular formula is C14H19BrN2O2. The maximum absolute atomic E-state index is 11.8. The summed E-state index contributed by atoms with van der Waals surface area (Å²) in [5, 5.41) is 14.1. The van der Waals surface area contributed by atoms with Gasteiger partial charge in [-0.2, -0.15) is 5.10 Å². The van der Waals surface area contributed by atoms with Crippen molar-refractivity contribution in [1.29, 1.82) is 0 Å². The number of carboxylic acid groups (broad SMARTS) is 1. The predicted octanol–water partition coefficient (Wildman–Crippen LogP) is 3.02. The van der Waals surface area contributed by atoms with E-state index < -0.39 is 11.4 Å². The summed E-state index contributed by atoms with van der Waals surface area (Å²) in [6, 6.07) is 0. The molecule has 0 aromatic carbocycles. The highest BCUT2D eigenvalue weighted by atomic mass is 79.9. The predicted molar refractivity (Wildman–Crippen MR) is 74.9 cm³/mol. The normalized spacial score (nSPS) is 32.4. The minimum absolute atomic E-state index is 0.560. The van der Waals surface area contributed by atoms with Crippen LogP contribution in [0.1, 0.15) is 37.6 Å². The quantitative estimate of drug-likeness (QED) is 0.925. The molecule has 4 nitrogen and oxygen atoms in total. The molecule has 2 unspecified atom stereocenters. The fraction of sp³-hybridized carbons (Fsp3) is 0.714. The summed E-state index contributed by atoms with van der Waals surface area (Å²) in [6.07, 6.45) is 3.52. The SMILES string of the molecule is CCn1nc(C)c(Br)c1CC1(C(=O)O)CC2CC2C1. The average molecular weight is 327 g/mol. The Morgan fingerprint density at radius 1 is 1.53 bits per heavy atom. The summed E-state index contributed by atoms with van der Waals surface area (Å²) in [4.78, 5) is 11.8. The van der Waals surface area contributed by atoms with Gasteiger partial charge in [-0.15, -0.1) is 0 Å². The summed E-state index contributed by atoms with van der Waals surface area (Å²) in [5.74, 6) is 0.691. The largest absolute Gasteiger partial charge is 0.481 e. The van der Waals surface area contributed by atoms with E-state index in [1.165, 1.54) is 6.42 Å². The zero-order chi connectivity index (χ0) is 13.8. The lowest BCUT2D eigenvalue weighted by atomic mass is 9.78. The average Bonchev–Trinajstić information content (AvgIpc) is 2.90. The van der Waals surface area contributed by atoms with Crippen molar-refractivity contribution in [3.05, 3.63) is 15.9 Å². The minimum Gasteiger partial charge on any atom is -0.481 e. The summed E-state index contributed by atoms with van der Waals surface area (Å²) < 4.78 is 2.92. The molecule has 0 aliphatic heterocycles. The number of rotatable bonds is 4. The van der Waals surface area contributed by atoms with Crippen molar-refractivity contribution in [3.8, 4) is 0 Å². The molecule has 1 aromatic heterocycles. The second kappa shape index (κ2) is 4.33. The lowest BCUT2D eigenvalue weighted by Gasteiger charge is -2.26. The van der Waals surface area contributed by atoms with Crippen LogP contribution in [0.3, 0.4) is 0 Å². The zero-order valence-corrected chi connectivity index (χ0v) is 12.9. The van der Waals surface area contributed by atoms with Crippen molar-refractivity contribution in [1.82, 2.24) is 9.78 Å². The maximum Gasteiger partial charge on any atom is 0.310 e. The number of fused-ring (bicyclic) bond motifs is 1. The molecule has 0 spiro atoms. The number of aryl methyl sites for hydroxylation is 2. The van der Waals surface area contributed by atoms with Crippen LogP contribution in [-0.4, -0.2) is 20.9 Å². The molecule has 0 bridgehead atoms. The summed E-state index contributed by atoms with van der Waals surface area (Å²) in [6.45, 7) is 4.78. The molecule has 2 fully saturated rings. The Hall–Kier alpha value is -0.840. The Morgan fingerprint density at radius 3 is 2.68 bits per heavy atom. The van der Waals surface area contributed by atoms with Crippen LogP contribution >= 0.6 is 15.9 Å². The van der Waals surface area contributed by atoms with E-state index in [1.807, 2.05) is 18.5 Å². The molecule has 2 aliphatic rings. The fourth-order valence-electron chi connectivity index (χ4n) is 3.65. The number of carbonyl (C=O) groups is 1. The van der Waals surface area contributed by atoms with Gasteiger partial charge in [0.05, 0.1) is 21.3 Å². The van der Waals surface area contributed by atoms with Crippen LogP contribution in [0, 0.1) is 24.2 Å². The number of aromatic nitrogens is 2. The van der Waals surface area contributed by atoms with Gasteiger partial charge in [-0.3, -0.25) is 9.48 Å². The standard InChI is InChI=1S/C14H19BrN2O2/c1-3-17-11(12(15)8(2)16-17)7-14(13(18)19)5-9-4-10(9)6-14/h9-10H,3-7H2,1-2H3,(H,18,19). The zero-order valence-electron chi connectivity index (χ0n) is 11.3. The first-order valence-electron chi connectivity index (χ1n) is 6.92. The smallest absolute Gasteiger partial charge is 0.310 e. The topological polar surface area (TPSA) is 55.1 Å². The summed E-state index contributed by atoms with van der Waals surface area (Å²) >= 11 is 3.57. The molecule has 0 saturated heterocycles. The highest BCUT2D eigenvalue weighted by Crippen LogP contribution is 2.61. The third-order valence-corrected chi connectivity index (χ3v) is 5.82. The van der Waals surface area contributed by atoms with E-state index in [9.17, 15) is 9.90 Å². The molecule has 1 heterocycles. The van der Waals surface area contributed by atoms with Gasteiger partial charge in [0, 0.05) is 13.0 Å². The van der Waals surface area contributed by atoms with E-state index in [2.05, 4.69) is 21.0 Å². The van der Waals surface area contributed by atoms with Gasteiger partial charge in [0.25, 0.3) is 0 Å². The van der Waals surface area contributed by atoms with Gasteiger partial charge in [-0.05, 0) is 60.9 Å². The second-order valence-electron chi connectivity index (χ2n) is 6.09. The van der Waals surface area contributed by atoms with Crippen molar-refractivity contribution in [2.24, 2.45) is 17.3 Å². The van der Waals surface area contributed by atoms with Crippen LogP contribution in [0.5, 0.6) is 0 Å². The van der Waals surface area contributed by atoms with Gasteiger partial charge in [0.2, 0.25) is 0 Å². The van der Waals surface area contributed by atoms with Crippen molar-refractivity contribution < 1.29 is 9.90 Å². The van der Waals surface area contributed by atoms with E-state index in [-0.39, 0.29) is 0 Å². The van der Waals surface area contributed by atoms with Crippen LogP contribution < -0.4 is 0 Å². The molecule has 0 amide bonds. The monoisotopic (exact) mass is 326 g/mol. The van der Waals surface area contributed by atoms with Crippen LogP contribution in [-0.2, 0) is 17.8 Å². The number of carboxylic acids is 1. The van der Waals surface area contributed by atoms with Crippen LogP contribution in [0.4, 0.5) is 0 Å². The summed E-state index contributed by atoms with van der Waals surface area (Å²) in [5.41, 5.74) is 1.43. The number of nitrogens with zero attached hydrogens (tertiary/aromatic N) is 2. The van der Waals surface area contributed by atoms with E-state index in [0.29, 0.717) is 18.3 Å². The Morgan fingerprint density at radius 2 is 2.16 bits per heavy atom. The Bertz CT molecular complexity index is 528. The summed E-state index contributed by atoms with van der Waals surface area (Å²) in [7, 11) is 0. The Kier molecular flexibility index (Phi) is 3.00. The van der Waals surface area contributed by atoms with Crippen molar-refractivity contribution in [3.63, 3.8) is 0 Å². The lowest BCUT2D eigenvalue weighted by molar-refractivity contribution is -0.149. The first-order chi connectivity index (χ1) is 8.97. The fourth-order valence-corrected chi connectivity index (χ4v) is 4.07. The van der Waals surface area contributed by atoms with Crippen LogP contribution in [0.15, 0.2) is 4.47 Å². The lowest BCUT2D eigenvalue weighted by Crippen LogP contribution is -2.33. The van der Waals surface area contributed by atoms with Gasteiger partial charge in [-0.25, -0.2) is 0 Å². The Balaban J connectivity index is 1.93. The second-order valence-corrected chi connectivity index (χ2v) is 6.88. The molecule has 2 saturated carbocycles. The van der Waals surface area contributed by atoms with Crippen LogP contribution in [0.2, 0.25) is 0 Å². The first-order valence-corrected chi connectivity index (χ1v) is 7.71. The van der Waals surface area contributed by atoms with Crippen molar-refractivity contribution >= 4 is 21.9 Å². The van der Waals surface area contributed by atoms with Crippen molar-refractivity contribution in [2.75, 3.05) is 0 Å². The molecule has 104 valence electrons. The van der Waals surface area contributed by atoms with Gasteiger partial charge in [-0.1, -0.05) is 0 Å². The van der Waals surface area contributed by atoms with E-state index in [4.69, 9.17) is 0 Å². The number of hydrogen-bond acceptors (Lipinski definition) is 2. The molecule has 1 N–H and O–H groups in total. The minimum atomic E-state index is -0.631. The molecule has 2 aliphatic carbocycles. The van der Waals surface area contributed by atoms with E-state index in [1.54, 1.807) is 0 Å². The molecule has 5 heteroatoms. The van der Waals surface area contributed by atoms with Gasteiger partial charge < -0.3 is 5.11 Å². The number of halogens is 1. The van der Waals surface area contributed by atoms with Gasteiger partial charge in [0.15, 0.2) is 0 Å². The van der Waals surface area contributed by atoms with Gasteiger partial charge >= 0.3 is 5.97 Å². The van der Waals surface area contributed by atoms with E-state index in [0.717, 1.165) is 35.2 Å². The maximum atomic E-state index is 11.8. The number of hydrogen-bond donors (Lipinski definition) is 1. The van der Waals surface area contributed by atoms with Crippen LogP contribution in [0.25, 0.3) is 0 Å². The highest BCUT2D eigenvalue weighted by Gasteiger charge is 2.57. The first kappa shape index (κ1) is 13.2. The third-order valence-electron chi connectivity index (χ3n) is 4.79. The molecule has 3 rings (SSSR count). The molecule has 0 radical (unpaired) electrons. The molecular weight excluding hydrogens is 308 g/mol.